The fraction of sp³-hybridized carbons (Fsp3) is 0.600. The van der Waals surface area contributed by atoms with Crippen LogP contribution in [0.2, 0.25) is 0 Å². The highest BCUT2D eigenvalue weighted by Crippen LogP contribution is 2.60. The third kappa shape index (κ3) is 1.83. The summed E-state index contributed by atoms with van der Waals surface area (Å²) in [5.74, 6) is 2.07. The summed E-state index contributed by atoms with van der Waals surface area (Å²) in [6.07, 6.45) is 8.79. The van der Waals surface area contributed by atoms with Crippen molar-refractivity contribution in [3.63, 3.8) is 0 Å². The van der Waals surface area contributed by atoms with Gasteiger partial charge in [-0.15, -0.1) is 0 Å². The second-order valence-electron chi connectivity index (χ2n) is 7.19. The van der Waals surface area contributed by atoms with Gasteiger partial charge in [0.05, 0.1) is 13.2 Å². The molecule has 1 radical (unpaired) electrons. The number of benzene rings is 1. The standard InChI is InChI=1S/C20H25O2/c1-3-20-11-10-15-16(18(20)8-9-19(20)21)7-5-13-4-6-14(22-2)12-17(13)15/h4,8,12,15-16,19,21H,3,5,7,9-11H2,1-2H3/t15-,16+,19-,20-/m0/s1. The number of fused-ring (bicyclic) bond motifs is 5. The minimum absolute atomic E-state index is 0.0731. The fourth-order valence-electron chi connectivity index (χ4n) is 5.38. The molecule has 4 rings (SSSR count). The lowest BCUT2D eigenvalue weighted by Gasteiger charge is -2.48. The first kappa shape index (κ1) is 14.3. The molecular weight excluding hydrogens is 272 g/mol. The molecule has 1 saturated carbocycles. The maximum Gasteiger partial charge on any atom is 0.127 e. The summed E-state index contributed by atoms with van der Waals surface area (Å²) in [6.45, 7) is 2.25. The Balaban J connectivity index is 1.74. The van der Waals surface area contributed by atoms with Gasteiger partial charge in [-0.2, -0.15) is 0 Å². The second-order valence-corrected chi connectivity index (χ2v) is 7.19. The van der Waals surface area contributed by atoms with Crippen LogP contribution in [0.3, 0.4) is 0 Å². The van der Waals surface area contributed by atoms with E-state index in [4.69, 9.17) is 4.74 Å². The molecule has 0 unspecified atom stereocenters. The van der Waals surface area contributed by atoms with E-state index >= 15 is 0 Å². The van der Waals surface area contributed by atoms with Gasteiger partial charge in [0.1, 0.15) is 5.75 Å². The van der Waals surface area contributed by atoms with Gasteiger partial charge >= 0.3 is 0 Å². The summed E-state index contributed by atoms with van der Waals surface area (Å²) in [5, 5.41) is 10.6. The van der Waals surface area contributed by atoms with Crippen LogP contribution in [0.15, 0.2) is 23.8 Å². The fourth-order valence-corrected chi connectivity index (χ4v) is 5.38. The van der Waals surface area contributed by atoms with Crippen molar-refractivity contribution in [2.45, 2.75) is 57.5 Å². The minimum atomic E-state index is -0.159. The Kier molecular flexibility index (Phi) is 3.34. The van der Waals surface area contributed by atoms with E-state index in [9.17, 15) is 5.11 Å². The normalized spacial score (nSPS) is 36.1. The van der Waals surface area contributed by atoms with E-state index in [1.54, 1.807) is 12.7 Å². The summed E-state index contributed by atoms with van der Waals surface area (Å²) < 4.78 is 5.39. The molecule has 3 aliphatic rings. The molecule has 1 N–H and O–H groups in total. The molecule has 0 bridgehead atoms. The minimum Gasteiger partial charge on any atom is -0.496 e. The van der Waals surface area contributed by atoms with Gasteiger partial charge in [-0.3, -0.25) is 0 Å². The van der Waals surface area contributed by atoms with Crippen molar-refractivity contribution in [2.75, 3.05) is 7.11 Å². The van der Waals surface area contributed by atoms with E-state index in [-0.39, 0.29) is 11.5 Å². The summed E-state index contributed by atoms with van der Waals surface area (Å²) >= 11 is 0. The largest absolute Gasteiger partial charge is 0.496 e. The van der Waals surface area contributed by atoms with Crippen LogP contribution in [-0.4, -0.2) is 18.3 Å². The van der Waals surface area contributed by atoms with E-state index in [2.05, 4.69) is 31.2 Å². The van der Waals surface area contributed by atoms with Crippen molar-refractivity contribution in [2.24, 2.45) is 11.3 Å². The lowest BCUT2D eigenvalue weighted by Crippen LogP contribution is -2.41. The van der Waals surface area contributed by atoms with Crippen LogP contribution in [0.1, 0.15) is 56.1 Å². The summed E-state index contributed by atoms with van der Waals surface area (Å²) in [5.41, 5.74) is 4.56. The number of hydrogen-bond donors (Lipinski definition) is 1. The third-order valence-electron chi connectivity index (χ3n) is 6.58. The van der Waals surface area contributed by atoms with Gasteiger partial charge in [0.15, 0.2) is 0 Å². The second kappa shape index (κ2) is 5.13. The average molecular weight is 297 g/mol. The Labute approximate surface area is 133 Å². The molecule has 1 aromatic rings. The van der Waals surface area contributed by atoms with E-state index < -0.39 is 0 Å². The Morgan fingerprint density at radius 3 is 3.00 bits per heavy atom. The molecule has 0 aliphatic heterocycles. The van der Waals surface area contributed by atoms with Crippen LogP contribution in [-0.2, 0) is 6.42 Å². The topological polar surface area (TPSA) is 29.5 Å². The zero-order chi connectivity index (χ0) is 15.3. The molecule has 0 saturated heterocycles. The Morgan fingerprint density at radius 2 is 2.23 bits per heavy atom. The number of aryl methyl sites for hydroxylation is 1. The van der Waals surface area contributed by atoms with Crippen molar-refractivity contribution in [3.8, 4) is 5.75 Å². The molecule has 1 aromatic carbocycles. The number of aliphatic hydroxyl groups is 1. The molecule has 22 heavy (non-hydrogen) atoms. The van der Waals surface area contributed by atoms with Crippen molar-refractivity contribution in [1.82, 2.24) is 0 Å². The maximum atomic E-state index is 10.6. The molecule has 117 valence electrons. The highest BCUT2D eigenvalue weighted by atomic mass is 16.5. The average Bonchev–Trinajstić information content (AvgIpc) is 2.91. The van der Waals surface area contributed by atoms with Crippen LogP contribution >= 0.6 is 0 Å². The van der Waals surface area contributed by atoms with Gasteiger partial charge in [-0.05, 0) is 73.6 Å². The quantitative estimate of drug-likeness (QED) is 0.835. The predicted molar refractivity (Wildman–Crippen MR) is 87.0 cm³/mol. The molecule has 4 atom stereocenters. The van der Waals surface area contributed by atoms with Gasteiger partial charge < -0.3 is 9.84 Å². The van der Waals surface area contributed by atoms with Gasteiger partial charge in [-0.25, -0.2) is 0 Å². The monoisotopic (exact) mass is 297 g/mol. The summed E-state index contributed by atoms with van der Waals surface area (Å²) in [7, 11) is 1.72. The highest BCUT2D eigenvalue weighted by Gasteiger charge is 2.51. The number of aliphatic hydroxyl groups excluding tert-OH is 1. The molecule has 2 heteroatoms. The SMILES string of the molecule is CC[C@]12CC[C@@H]3c4cc(OC)[c]cc4CC[C@H]3C1=CC[C@@H]2O. The van der Waals surface area contributed by atoms with E-state index in [0.29, 0.717) is 11.8 Å². The first-order valence-electron chi connectivity index (χ1n) is 8.66. The zero-order valence-corrected chi connectivity index (χ0v) is 13.6. The van der Waals surface area contributed by atoms with Crippen LogP contribution in [0.25, 0.3) is 0 Å². The van der Waals surface area contributed by atoms with Gasteiger partial charge in [0, 0.05) is 11.5 Å². The molecule has 0 heterocycles. The smallest absolute Gasteiger partial charge is 0.127 e. The molecule has 0 amide bonds. The maximum absolute atomic E-state index is 10.6. The van der Waals surface area contributed by atoms with Gasteiger partial charge in [0.25, 0.3) is 0 Å². The van der Waals surface area contributed by atoms with Crippen molar-refractivity contribution in [3.05, 3.63) is 41.0 Å². The lowest BCUT2D eigenvalue weighted by molar-refractivity contribution is 0.0311. The van der Waals surface area contributed by atoms with Crippen molar-refractivity contribution < 1.29 is 9.84 Å². The van der Waals surface area contributed by atoms with E-state index in [0.717, 1.165) is 31.4 Å². The predicted octanol–water partition coefficient (Wildman–Crippen LogP) is 4.02. The number of hydrogen-bond acceptors (Lipinski definition) is 2. The summed E-state index contributed by atoms with van der Waals surface area (Å²) in [4.78, 5) is 0. The lowest BCUT2D eigenvalue weighted by atomic mass is 9.56. The summed E-state index contributed by atoms with van der Waals surface area (Å²) in [6, 6.07) is 7.57. The molecule has 0 aromatic heterocycles. The van der Waals surface area contributed by atoms with Crippen LogP contribution in [0, 0.1) is 17.4 Å². The Bertz CT molecular complexity index is 618. The third-order valence-corrected chi connectivity index (χ3v) is 6.58. The van der Waals surface area contributed by atoms with Crippen molar-refractivity contribution in [1.29, 1.82) is 0 Å². The van der Waals surface area contributed by atoms with Crippen molar-refractivity contribution >= 4 is 0 Å². The number of rotatable bonds is 2. The molecule has 0 spiro atoms. The molecule has 1 fully saturated rings. The first-order valence-corrected chi connectivity index (χ1v) is 8.66. The highest BCUT2D eigenvalue weighted by molar-refractivity contribution is 5.43. The zero-order valence-electron chi connectivity index (χ0n) is 13.6. The van der Waals surface area contributed by atoms with Gasteiger partial charge in [0.2, 0.25) is 0 Å². The number of ether oxygens (including phenoxy) is 1. The molecule has 2 nitrogen and oxygen atoms in total. The first-order chi connectivity index (χ1) is 10.7. The number of methoxy groups -OCH3 is 1. The molecule has 3 aliphatic carbocycles. The van der Waals surface area contributed by atoms with Crippen LogP contribution < -0.4 is 4.74 Å². The van der Waals surface area contributed by atoms with Crippen LogP contribution in [0.4, 0.5) is 0 Å². The van der Waals surface area contributed by atoms with E-state index in [1.807, 2.05) is 0 Å². The molecular formula is C20H25O2. The Hall–Kier alpha value is -1.28. The Morgan fingerprint density at radius 1 is 1.36 bits per heavy atom. The van der Waals surface area contributed by atoms with Gasteiger partial charge in [-0.1, -0.05) is 18.6 Å². The van der Waals surface area contributed by atoms with Crippen LogP contribution in [0.5, 0.6) is 5.75 Å². The van der Waals surface area contributed by atoms with E-state index in [1.165, 1.54) is 24.0 Å².